The van der Waals surface area contributed by atoms with Crippen LogP contribution in [0.25, 0.3) is 0 Å². The standard InChI is InChI=1S/C18H16Cl2N2O3/c19-11-8-13(15(21)14(20)9-11)18(24)25-16(10-4-2-1-3-5-10)17(23)22-12-6-7-12/h1-5,8-9,12,16H,6-7,21H2,(H,22,23)/t16-/m1/s1. The van der Waals surface area contributed by atoms with E-state index in [9.17, 15) is 9.59 Å². The first-order valence-corrected chi connectivity index (χ1v) is 8.52. The van der Waals surface area contributed by atoms with Gasteiger partial charge >= 0.3 is 5.97 Å². The molecular weight excluding hydrogens is 363 g/mol. The van der Waals surface area contributed by atoms with Gasteiger partial charge in [-0.1, -0.05) is 53.5 Å². The third-order valence-electron chi connectivity index (χ3n) is 3.80. The van der Waals surface area contributed by atoms with Crippen molar-refractivity contribution >= 4 is 40.8 Å². The maximum atomic E-state index is 12.6. The van der Waals surface area contributed by atoms with E-state index in [2.05, 4.69) is 5.32 Å². The van der Waals surface area contributed by atoms with Crippen molar-refractivity contribution in [3.63, 3.8) is 0 Å². The third kappa shape index (κ3) is 4.24. The zero-order chi connectivity index (χ0) is 18.0. The van der Waals surface area contributed by atoms with E-state index < -0.39 is 12.1 Å². The van der Waals surface area contributed by atoms with E-state index in [1.807, 2.05) is 6.07 Å². The summed E-state index contributed by atoms with van der Waals surface area (Å²) in [5.74, 6) is -1.13. The molecule has 3 rings (SSSR count). The average Bonchev–Trinajstić information content (AvgIpc) is 3.40. The number of halogens is 2. The number of anilines is 1. The Morgan fingerprint density at radius 2 is 1.84 bits per heavy atom. The highest BCUT2D eigenvalue weighted by molar-refractivity contribution is 6.37. The quantitative estimate of drug-likeness (QED) is 0.612. The molecule has 1 fully saturated rings. The minimum Gasteiger partial charge on any atom is -0.444 e. The monoisotopic (exact) mass is 378 g/mol. The molecule has 7 heteroatoms. The van der Waals surface area contributed by atoms with Gasteiger partial charge in [-0.05, 0) is 25.0 Å². The van der Waals surface area contributed by atoms with Crippen molar-refractivity contribution in [1.29, 1.82) is 0 Å². The summed E-state index contributed by atoms with van der Waals surface area (Å²) >= 11 is 11.9. The first-order chi connectivity index (χ1) is 12.0. The van der Waals surface area contributed by atoms with Crippen LogP contribution in [-0.2, 0) is 9.53 Å². The van der Waals surface area contributed by atoms with Gasteiger partial charge in [0.05, 0.1) is 16.3 Å². The summed E-state index contributed by atoms with van der Waals surface area (Å²) in [6.07, 6.45) is 0.780. The predicted octanol–water partition coefficient (Wildman–Crippen LogP) is 3.75. The molecule has 0 aliphatic heterocycles. The van der Waals surface area contributed by atoms with Gasteiger partial charge in [-0.15, -0.1) is 0 Å². The molecule has 0 unspecified atom stereocenters. The predicted molar refractivity (Wildman–Crippen MR) is 96.6 cm³/mol. The number of ether oxygens (including phenoxy) is 1. The number of carbonyl (C=O) groups excluding carboxylic acids is 2. The molecule has 1 amide bonds. The van der Waals surface area contributed by atoms with Crippen molar-refractivity contribution in [2.75, 3.05) is 5.73 Å². The molecule has 130 valence electrons. The minimum absolute atomic E-state index is 0.0256. The van der Waals surface area contributed by atoms with Crippen molar-refractivity contribution in [1.82, 2.24) is 5.32 Å². The van der Waals surface area contributed by atoms with E-state index in [0.717, 1.165) is 12.8 Å². The summed E-state index contributed by atoms with van der Waals surface area (Å²) in [5.41, 5.74) is 6.50. The SMILES string of the molecule is Nc1c(Cl)cc(Cl)cc1C(=O)O[C@@H](C(=O)NC1CC1)c1ccccc1. The second-order valence-corrected chi connectivity index (χ2v) is 6.67. The second kappa shape index (κ2) is 7.33. The van der Waals surface area contributed by atoms with E-state index in [-0.39, 0.29) is 33.2 Å². The van der Waals surface area contributed by atoms with E-state index in [4.69, 9.17) is 33.7 Å². The molecule has 0 radical (unpaired) electrons. The lowest BCUT2D eigenvalue weighted by Gasteiger charge is -2.18. The van der Waals surface area contributed by atoms with Gasteiger partial charge in [0.2, 0.25) is 6.10 Å². The zero-order valence-electron chi connectivity index (χ0n) is 13.2. The van der Waals surface area contributed by atoms with Crippen LogP contribution in [0.4, 0.5) is 5.69 Å². The highest BCUT2D eigenvalue weighted by Crippen LogP contribution is 2.30. The Morgan fingerprint density at radius 3 is 2.48 bits per heavy atom. The number of nitrogens with one attached hydrogen (secondary N) is 1. The van der Waals surface area contributed by atoms with Crippen LogP contribution in [0, 0.1) is 0 Å². The van der Waals surface area contributed by atoms with Crippen LogP contribution in [-0.4, -0.2) is 17.9 Å². The number of hydrogen-bond acceptors (Lipinski definition) is 4. The smallest absolute Gasteiger partial charge is 0.341 e. The molecule has 0 spiro atoms. The van der Waals surface area contributed by atoms with Crippen LogP contribution < -0.4 is 11.1 Å². The van der Waals surface area contributed by atoms with Crippen molar-refractivity contribution in [3.8, 4) is 0 Å². The number of benzene rings is 2. The van der Waals surface area contributed by atoms with Crippen LogP contribution in [0.15, 0.2) is 42.5 Å². The first-order valence-electron chi connectivity index (χ1n) is 7.76. The van der Waals surface area contributed by atoms with Gasteiger partial charge in [-0.25, -0.2) is 4.79 Å². The highest BCUT2D eigenvalue weighted by Gasteiger charge is 2.31. The fourth-order valence-corrected chi connectivity index (χ4v) is 2.82. The average molecular weight is 379 g/mol. The van der Waals surface area contributed by atoms with Crippen molar-refractivity contribution in [3.05, 3.63) is 63.6 Å². The van der Waals surface area contributed by atoms with E-state index >= 15 is 0 Å². The maximum Gasteiger partial charge on any atom is 0.341 e. The van der Waals surface area contributed by atoms with Gasteiger partial charge < -0.3 is 15.8 Å². The van der Waals surface area contributed by atoms with E-state index in [1.165, 1.54) is 12.1 Å². The van der Waals surface area contributed by atoms with Gasteiger partial charge in [0.1, 0.15) is 0 Å². The number of amides is 1. The topological polar surface area (TPSA) is 81.4 Å². The molecule has 2 aromatic carbocycles. The fourth-order valence-electron chi connectivity index (χ4n) is 2.33. The molecule has 0 heterocycles. The molecule has 2 aromatic rings. The van der Waals surface area contributed by atoms with Crippen molar-refractivity contribution in [2.24, 2.45) is 0 Å². The molecule has 1 aliphatic rings. The summed E-state index contributed by atoms with van der Waals surface area (Å²) in [6.45, 7) is 0. The second-order valence-electron chi connectivity index (χ2n) is 5.83. The Hall–Kier alpha value is -2.24. The molecule has 25 heavy (non-hydrogen) atoms. The molecule has 1 aliphatic carbocycles. The summed E-state index contributed by atoms with van der Waals surface area (Å²) in [7, 11) is 0. The summed E-state index contributed by atoms with van der Waals surface area (Å²) in [4.78, 5) is 25.1. The molecule has 1 saturated carbocycles. The number of esters is 1. The largest absolute Gasteiger partial charge is 0.444 e. The third-order valence-corrected chi connectivity index (χ3v) is 4.33. The van der Waals surface area contributed by atoms with Gasteiger partial charge in [-0.2, -0.15) is 0 Å². The van der Waals surface area contributed by atoms with Gasteiger partial charge in [-0.3, -0.25) is 4.79 Å². The lowest BCUT2D eigenvalue weighted by Crippen LogP contribution is -2.33. The number of carbonyl (C=O) groups is 2. The lowest BCUT2D eigenvalue weighted by atomic mass is 10.1. The minimum atomic E-state index is -1.08. The Labute approximate surface area is 155 Å². The Morgan fingerprint density at radius 1 is 1.16 bits per heavy atom. The van der Waals surface area contributed by atoms with Gasteiger partial charge in [0.15, 0.2) is 0 Å². The maximum absolute atomic E-state index is 12.6. The summed E-state index contributed by atoms with van der Waals surface area (Å²) < 4.78 is 5.46. The van der Waals surface area contributed by atoms with E-state index in [0.29, 0.717) is 5.56 Å². The van der Waals surface area contributed by atoms with E-state index in [1.54, 1.807) is 24.3 Å². The molecule has 1 atom stereocenters. The zero-order valence-corrected chi connectivity index (χ0v) is 14.7. The van der Waals surface area contributed by atoms with Crippen molar-refractivity contribution < 1.29 is 14.3 Å². The van der Waals surface area contributed by atoms with Crippen LogP contribution in [0.1, 0.15) is 34.9 Å². The molecule has 0 saturated heterocycles. The summed E-state index contributed by atoms with van der Waals surface area (Å²) in [5, 5.41) is 3.25. The highest BCUT2D eigenvalue weighted by atomic mass is 35.5. The number of hydrogen-bond donors (Lipinski definition) is 2. The van der Waals surface area contributed by atoms with Crippen LogP contribution >= 0.6 is 23.2 Å². The van der Waals surface area contributed by atoms with Crippen LogP contribution in [0.5, 0.6) is 0 Å². The molecule has 5 nitrogen and oxygen atoms in total. The Bertz CT molecular complexity index is 807. The lowest BCUT2D eigenvalue weighted by molar-refractivity contribution is -0.130. The number of nitrogens with two attached hydrogens (primary N) is 1. The van der Waals surface area contributed by atoms with Gasteiger partial charge in [0, 0.05) is 16.6 Å². The fraction of sp³-hybridized carbons (Fsp3) is 0.222. The summed E-state index contributed by atoms with van der Waals surface area (Å²) in [6, 6.07) is 11.7. The Kier molecular flexibility index (Phi) is 5.16. The first kappa shape index (κ1) is 17.6. The normalized spacial score (nSPS) is 14.6. The van der Waals surface area contributed by atoms with Gasteiger partial charge in [0.25, 0.3) is 5.91 Å². The molecular formula is C18H16Cl2N2O3. The van der Waals surface area contributed by atoms with Crippen LogP contribution in [0.3, 0.4) is 0 Å². The number of rotatable bonds is 5. The number of nitrogen functional groups attached to an aromatic ring is 1. The molecule has 3 N–H and O–H groups in total. The van der Waals surface area contributed by atoms with Crippen LogP contribution in [0.2, 0.25) is 10.0 Å². The van der Waals surface area contributed by atoms with Crippen molar-refractivity contribution in [2.45, 2.75) is 25.0 Å². The molecule has 0 aromatic heterocycles. The molecule has 0 bridgehead atoms. The Balaban J connectivity index is 1.87.